The Balaban J connectivity index is 1.34. The standard InChI is InChI=1S/C26H30N2O6/c1-2-17(13-24(29)28-11-12-33-15-18(28)14-25(30)31)27-26(32)34-16-23-21-9-5-3-7-19(21)20-8-4-6-10-22(20)23/h3-10,17-18,23H,2,11-16H2,1H3,(H,27,32)(H,30,31)/t17-,18?/m1/s1. The van der Waals surface area contributed by atoms with Gasteiger partial charge >= 0.3 is 12.1 Å². The van der Waals surface area contributed by atoms with E-state index in [-0.39, 0.29) is 37.9 Å². The van der Waals surface area contributed by atoms with Crippen molar-refractivity contribution in [1.29, 1.82) is 0 Å². The Labute approximate surface area is 198 Å². The molecule has 180 valence electrons. The number of alkyl carbamates (subject to hydrolysis) is 1. The smallest absolute Gasteiger partial charge is 0.407 e. The highest BCUT2D eigenvalue weighted by Gasteiger charge is 2.31. The van der Waals surface area contributed by atoms with Gasteiger partial charge in [0.05, 0.1) is 25.7 Å². The first-order valence-electron chi connectivity index (χ1n) is 11.7. The van der Waals surface area contributed by atoms with Crippen LogP contribution in [-0.4, -0.2) is 66.4 Å². The van der Waals surface area contributed by atoms with Gasteiger partial charge in [-0.1, -0.05) is 55.5 Å². The van der Waals surface area contributed by atoms with Crippen LogP contribution in [0.4, 0.5) is 4.79 Å². The molecule has 2 amide bonds. The number of nitrogens with zero attached hydrogens (tertiary/aromatic N) is 1. The number of aliphatic carboxylic acids is 1. The Morgan fingerprint density at radius 2 is 1.76 bits per heavy atom. The molecule has 1 aliphatic carbocycles. The molecule has 0 bridgehead atoms. The fourth-order valence-corrected chi connectivity index (χ4v) is 4.79. The van der Waals surface area contributed by atoms with Crippen LogP contribution in [0, 0.1) is 0 Å². The summed E-state index contributed by atoms with van der Waals surface area (Å²) in [6.45, 7) is 3.01. The van der Waals surface area contributed by atoms with Gasteiger partial charge in [0.2, 0.25) is 5.91 Å². The second-order valence-corrected chi connectivity index (χ2v) is 8.69. The third-order valence-electron chi connectivity index (χ3n) is 6.54. The molecule has 2 N–H and O–H groups in total. The van der Waals surface area contributed by atoms with Crippen molar-refractivity contribution in [3.05, 3.63) is 59.7 Å². The molecule has 8 heteroatoms. The Hall–Kier alpha value is -3.39. The van der Waals surface area contributed by atoms with E-state index in [0.29, 0.717) is 19.6 Å². The molecule has 1 unspecified atom stereocenters. The summed E-state index contributed by atoms with van der Waals surface area (Å²) in [5.41, 5.74) is 4.59. The fraction of sp³-hybridized carbons (Fsp3) is 0.423. The molecule has 2 aromatic carbocycles. The van der Waals surface area contributed by atoms with Crippen LogP contribution in [0.2, 0.25) is 0 Å². The van der Waals surface area contributed by atoms with E-state index in [1.165, 1.54) is 0 Å². The number of nitrogens with one attached hydrogen (secondary N) is 1. The maximum atomic E-state index is 12.9. The van der Waals surface area contributed by atoms with E-state index in [1.807, 2.05) is 31.2 Å². The number of hydrogen-bond acceptors (Lipinski definition) is 5. The normalized spacial score (nSPS) is 18.0. The SMILES string of the molecule is CC[C@H](CC(=O)N1CCOCC1CC(=O)O)NC(=O)OCC1c2ccccc2-c2ccccc21. The number of morpholine rings is 1. The average Bonchev–Trinajstić information content (AvgIpc) is 3.16. The minimum atomic E-state index is -0.975. The van der Waals surface area contributed by atoms with Crippen molar-refractivity contribution in [1.82, 2.24) is 10.2 Å². The molecule has 1 aliphatic heterocycles. The lowest BCUT2D eigenvalue weighted by molar-refractivity contribution is -0.146. The summed E-state index contributed by atoms with van der Waals surface area (Å²) < 4.78 is 10.9. The number of benzene rings is 2. The van der Waals surface area contributed by atoms with Gasteiger partial charge in [-0.3, -0.25) is 9.59 Å². The number of carboxylic acid groups (broad SMARTS) is 1. The van der Waals surface area contributed by atoms with Gasteiger partial charge in [0.25, 0.3) is 0 Å². The second kappa shape index (κ2) is 10.7. The Morgan fingerprint density at radius 3 is 2.38 bits per heavy atom. The third kappa shape index (κ3) is 5.22. The number of amides is 2. The average molecular weight is 467 g/mol. The van der Waals surface area contributed by atoms with Crippen molar-refractivity contribution in [2.45, 2.75) is 44.2 Å². The molecule has 2 aromatic rings. The van der Waals surface area contributed by atoms with E-state index < -0.39 is 24.1 Å². The van der Waals surface area contributed by atoms with Crippen LogP contribution in [0.1, 0.15) is 43.2 Å². The molecule has 2 aliphatic rings. The van der Waals surface area contributed by atoms with Gasteiger partial charge < -0.3 is 24.8 Å². The topological polar surface area (TPSA) is 105 Å². The molecule has 1 heterocycles. The van der Waals surface area contributed by atoms with Gasteiger partial charge in [0, 0.05) is 24.9 Å². The van der Waals surface area contributed by atoms with E-state index in [2.05, 4.69) is 29.6 Å². The number of carbonyl (C=O) groups is 3. The molecule has 8 nitrogen and oxygen atoms in total. The highest BCUT2D eigenvalue weighted by atomic mass is 16.5. The van der Waals surface area contributed by atoms with Gasteiger partial charge in [0.15, 0.2) is 0 Å². The number of carboxylic acids is 1. The molecule has 2 atom stereocenters. The van der Waals surface area contributed by atoms with E-state index in [0.717, 1.165) is 22.3 Å². The Morgan fingerprint density at radius 1 is 1.12 bits per heavy atom. The lowest BCUT2D eigenvalue weighted by Crippen LogP contribution is -2.51. The van der Waals surface area contributed by atoms with Crippen molar-refractivity contribution >= 4 is 18.0 Å². The van der Waals surface area contributed by atoms with Crippen LogP contribution in [0.3, 0.4) is 0 Å². The first-order valence-corrected chi connectivity index (χ1v) is 11.7. The lowest BCUT2D eigenvalue weighted by atomic mass is 9.98. The van der Waals surface area contributed by atoms with Gasteiger partial charge in [-0.25, -0.2) is 4.79 Å². The summed E-state index contributed by atoms with van der Waals surface area (Å²) in [4.78, 5) is 38.2. The Kier molecular flexibility index (Phi) is 7.47. The highest BCUT2D eigenvalue weighted by Crippen LogP contribution is 2.44. The number of fused-ring (bicyclic) bond motifs is 3. The van der Waals surface area contributed by atoms with Crippen LogP contribution in [0.5, 0.6) is 0 Å². The molecule has 0 spiro atoms. The predicted octanol–water partition coefficient (Wildman–Crippen LogP) is 3.40. The van der Waals surface area contributed by atoms with Crippen molar-refractivity contribution in [2.24, 2.45) is 0 Å². The van der Waals surface area contributed by atoms with Gasteiger partial charge in [-0.15, -0.1) is 0 Å². The maximum Gasteiger partial charge on any atom is 0.407 e. The summed E-state index contributed by atoms with van der Waals surface area (Å²) >= 11 is 0. The first-order chi connectivity index (χ1) is 16.5. The minimum Gasteiger partial charge on any atom is -0.481 e. The zero-order valence-corrected chi connectivity index (χ0v) is 19.2. The van der Waals surface area contributed by atoms with Crippen LogP contribution < -0.4 is 5.32 Å². The zero-order valence-electron chi connectivity index (χ0n) is 19.2. The van der Waals surface area contributed by atoms with Crippen molar-refractivity contribution in [3.8, 4) is 11.1 Å². The van der Waals surface area contributed by atoms with E-state index in [1.54, 1.807) is 4.90 Å². The number of ether oxygens (including phenoxy) is 2. The second-order valence-electron chi connectivity index (χ2n) is 8.69. The number of rotatable bonds is 8. The number of carbonyl (C=O) groups excluding carboxylic acids is 2. The summed E-state index contributed by atoms with van der Waals surface area (Å²) in [6.07, 6.45) is -0.103. The van der Waals surface area contributed by atoms with Crippen LogP contribution in [0.25, 0.3) is 11.1 Å². The van der Waals surface area contributed by atoms with Crippen molar-refractivity contribution in [2.75, 3.05) is 26.4 Å². The van der Waals surface area contributed by atoms with E-state index in [4.69, 9.17) is 14.6 Å². The summed E-state index contributed by atoms with van der Waals surface area (Å²) in [7, 11) is 0. The molecule has 4 rings (SSSR count). The summed E-state index contributed by atoms with van der Waals surface area (Å²) in [5.74, 6) is -1.21. The zero-order chi connectivity index (χ0) is 24.1. The molecule has 1 fully saturated rings. The van der Waals surface area contributed by atoms with Crippen molar-refractivity contribution in [3.63, 3.8) is 0 Å². The number of hydrogen-bond donors (Lipinski definition) is 2. The molecule has 34 heavy (non-hydrogen) atoms. The molecule has 0 radical (unpaired) electrons. The van der Waals surface area contributed by atoms with Crippen molar-refractivity contribution < 1.29 is 29.0 Å². The van der Waals surface area contributed by atoms with Crippen LogP contribution in [0.15, 0.2) is 48.5 Å². The lowest BCUT2D eigenvalue weighted by Gasteiger charge is -2.35. The van der Waals surface area contributed by atoms with E-state index >= 15 is 0 Å². The molecule has 1 saturated heterocycles. The maximum absolute atomic E-state index is 12.9. The Bertz CT molecular complexity index is 1010. The fourth-order valence-electron chi connectivity index (χ4n) is 4.79. The van der Waals surface area contributed by atoms with Gasteiger partial charge in [-0.2, -0.15) is 0 Å². The largest absolute Gasteiger partial charge is 0.481 e. The monoisotopic (exact) mass is 466 g/mol. The molecule has 0 saturated carbocycles. The predicted molar refractivity (Wildman–Crippen MR) is 125 cm³/mol. The summed E-state index contributed by atoms with van der Waals surface area (Å²) in [6, 6.07) is 15.4. The first kappa shape index (κ1) is 23.8. The van der Waals surface area contributed by atoms with Gasteiger partial charge in [0.1, 0.15) is 6.61 Å². The minimum absolute atomic E-state index is 0.0371. The highest BCUT2D eigenvalue weighted by molar-refractivity contribution is 5.80. The van der Waals surface area contributed by atoms with E-state index in [9.17, 15) is 14.4 Å². The molecular weight excluding hydrogens is 436 g/mol. The van der Waals surface area contributed by atoms with Crippen LogP contribution >= 0.6 is 0 Å². The van der Waals surface area contributed by atoms with Gasteiger partial charge in [-0.05, 0) is 28.7 Å². The molecule has 0 aromatic heterocycles. The quantitative estimate of drug-likeness (QED) is 0.618. The summed E-state index contributed by atoms with van der Waals surface area (Å²) in [5, 5.41) is 11.9. The molecular formula is C26H30N2O6. The third-order valence-corrected chi connectivity index (χ3v) is 6.54. The van der Waals surface area contributed by atoms with Crippen LogP contribution in [-0.2, 0) is 19.1 Å².